The fourth-order valence-electron chi connectivity index (χ4n) is 1.86. The predicted octanol–water partition coefficient (Wildman–Crippen LogP) is 1.14. The summed E-state index contributed by atoms with van der Waals surface area (Å²) in [5, 5.41) is 3.09. The summed E-state index contributed by atoms with van der Waals surface area (Å²) in [6, 6.07) is 0. The molecule has 1 aliphatic heterocycles. The number of carbonyl (C=O) groups excluding carboxylic acids is 1. The Labute approximate surface area is 92.9 Å². The third kappa shape index (κ3) is 2.54. The molecule has 5 heteroatoms. The van der Waals surface area contributed by atoms with Crippen molar-refractivity contribution < 1.29 is 9.53 Å². The van der Waals surface area contributed by atoms with Crippen LogP contribution in [-0.2, 0) is 16.1 Å². The molecular formula is C10H14N2O2S. The number of likely N-dealkylation sites (tertiary alicyclic amines) is 1. The van der Waals surface area contributed by atoms with Crippen LogP contribution in [0, 0.1) is 5.92 Å². The second-order valence-corrected chi connectivity index (χ2v) is 4.65. The second-order valence-electron chi connectivity index (χ2n) is 3.67. The SMILES string of the molecule is COC(=O)C1CCN(Cc2nccs2)C1. The standard InChI is InChI=1S/C10H14N2O2S/c1-14-10(13)8-2-4-12(6-8)7-9-11-3-5-15-9/h3,5,8H,2,4,6-7H2,1H3. The van der Waals surface area contributed by atoms with Crippen molar-refractivity contribution in [1.82, 2.24) is 9.88 Å². The number of ether oxygens (including phenoxy) is 1. The quantitative estimate of drug-likeness (QED) is 0.725. The first-order valence-electron chi connectivity index (χ1n) is 4.98. The van der Waals surface area contributed by atoms with Gasteiger partial charge in [0.05, 0.1) is 19.6 Å². The topological polar surface area (TPSA) is 42.4 Å². The van der Waals surface area contributed by atoms with Crippen molar-refractivity contribution in [3.63, 3.8) is 0 Å². The largest absolute Gasteiger partial charge is 0.469 e. The van der Waals surface area contributed by atoms with E-state index in [-0.39, 0.29) is 11.9 Å². The molecule has 1 saturated heterocycles. The van der Waals surface area contributed by atoms with Gasteiger partial charge in [-0.2, -0.15) is 0 Å². The lowest BCUT2D eigenvalue weighted by molar-refractivity contribution is -0.144. The van der Waals surface area contributed by atoms with Crippen LogP contribution < -0.4 is 0 Å². The summed E-state index contributed by atoms with van der Waals surface area (Å²) >= 11 is 1.66. The Morgan fingerprint density at radius 2 is 2.67 bits per heavy atom. The van der Waals surface area contributed by atoms with Crippen molar-refractivity contribution in [2.45, 2.75) is 13.0 Å². The lowest BCUT2D eigenvalue weighted by atomic mass is 10.1. The number of hydrogen-bond donors (Lipinski definition) is 0. The molecule has 1 aliphatic rings. The fourth-order valence-corrected chi connectivity index (χ4v) is 2.52. The van der Waals surface area contributed by atoms with Gasteiger partial charge in [0.25, 0.3) is 0 Å². The van der Waals surface area contributed by atoms with Gasteiger partial charge in [-0.3, -0.25) is 9.69 Å². The van der Waals surface area contributed by atoms with E-state index >= 15 is 0 Å². The van der Waals surface area contributed by atoms with E-state index in [1.54, 1.807) is 11.3 Å². The predicted molar refractivity (Wildman–Crippen MR) is 57.5 cm³/mol. The molecule has 0 aromatic carbocycles. The van der Waals surface area contributed by atoms with Gasteiger partial charge < -0.3 is 4.74 Å². The van der Waals surface area contributed by atoms with Gasteiger partial charge in [-0.1, -0.05) is 0 Å². The zero-order valence-corrected chi connectivity index (χ0v) is 9.50. The van der Waals surface area contributed by atoms with Crippen LogP contribution in [0.25, 0.3) is 0 Å². The van der Waals surface area contributed by atoms with E-state index in [4.69, 9.17) is 4.74 Å². The summed E-state index contributed by atoms with van der Waals surface area (Å²) in [5.74, 6) is -0.0356. The van der Waals surface area contributed by atoms with Crippen LogP contribution in [0.1, 0.15) is 11.4 Å². The van der Waals surface area contributed by atoms with Crippen LogP contribution in [0.3, 0.4) is 0 Å². The smallest absolute Gasteiger partial charge is 0.310 e. The van der Waals surface area contributed by atoms with Crippen molar-refractivity contribution in [3.8, 4) is 0 Å². The monoisotopic (exact) mass is 226 g/mol. The molecule has 0 bridgehead atoms. The molecule has 0 aliphatic carbocycles. The van der Waals surface area contributed by atoms with Gasteiger partial charge in [0.15, 0.2) is 0 Å². The highest BCUT2D eigenvalue weighted by Gasteiger charge is 2.29. The number of aromatic nitrogens is 1. The number of hydrogen-bond acceptors (Lipinski definition) is 5. The van der Waals surface area contributed by atoms with E-state index < -0.39 is 0 Å². The number of thiazole rings is 1. The molecule has 15 heavy (non-hydrogen) atoms. The third-order valence-corrected chi connectivity index (χ3v) is 3.41. The minimum absolute atomic E-state index is 0.0509. The Morgan fingerprint density at radius 1 is 1.80 bits per heavy atom. The Kier molecular flexibility index (Phi) is 3.33. The van der Waals surface area contributed by atoms with E-state index in [0.717, 1.165) is 31.1 Å². The second kappa shape index (κ2) is 4.72. The molecule has 0 saturated carbocycles. The van der Waals surface area contributed by atoms with Gasteiger partial charge in [0, 0.05) is 18.1 Å². The summed E-state index contributed by atoms with van der Waals surface area (Å²) in [6.45, 7) is 2.61. The van der Waals surface area contributed by atoms with Gasteiger partial charge in [0.2, 0.25) is 0 Å². The average molecular weight is 226 g/mol. The third-order valence-electron chi connectivity index (χ3n) is 2.65. The molecule has 2 heterocycles. The first-order valence-corrected chi connectivity index (χ1v) is 5.86. The summed E-state index contributed by atoms with van der Waals surface area (Å²) in [4.78, 5) is 17.8. The fraction of sp³-hybridized carbons (Fsp3) is 0.600. The number of carbonyl (C=O) groups is 1. The van der Waals surface area contributed by atoms with Crippen molar-refractivity contribution in [3.05, 3.63) is 16.6 Å². The van der Waals surface area contributed by atoms with Crippen LogP contribution >= 0.6 is 11.3 Å². The maximum Gasteiger partial charge on any atom is 0.310 e. The number of methoxy groups -OCH3 is 1. The summed E-state index contributed by atoms with van der Waals surface area (Å²) in [7, 11) is 1.45. The van der Waals surface area contributed by atoms with E-state index in [1.165, 1.54) is 7.11 Å². The minimum atomic E-state index is -0.0864. The van der Waals surface area contributed by atoms with Crippen LogP contribution in [0.2, 0.25) is 0 Å². The number of nitrogens with zero attached hydrogens (tertiary/aromatic N) is 2. The highest BCUT2D eigenvalue weighted by Crippen LogP contribution is 2.20. The van der Waals surface area contributed by atoms with Gasteiger partial charge in [-0.25, -0.2) is 4.98 Å². The molecule has 0 spiro atoms. The number of rotatable bonds is 3. The molecule has 0 N–H and O–H groups in total. The van der Waals surface area contributed by atoms with Gasteiger partial charge in [-0.05, 0) is 13.0 Å². The highest BCUT2D eigenvalue weighted by molar-refractivity contribution is 7.09. The molecule has 1 unspecified atom stereocenters. The number of esters is 1. The van der Waals surface area contributed by atoms with Crippen molar-refractivity contribution in [2.75, 3.05) is 20.2 Å². The van der Waals surface area contributed by atoms with Crippen LogP contribution in [0.5, 0.6) is 0 Å². The summed E-state index contributed by atoms with van der Waals surface area (Å²) < 4.78 is 4.74. The van der Waals surface area contributed by atoms with Crippen LogP contribution in [0.15, 0.2) is 11.6 Å². The van der Waals surface area contributed by atoms with Gasteiger partial charge in [-0.15, -0.1) is 11.3 Å². The van der Waals surface area contributed by atoms with Crippen molar-refractivity contribution >= 4 is 17.3 Å². The van der Waals surface area contributed by atoms with Crippen molar-refractivity contribution in [2.24, 2.45) is 5.92 Å². The first-order chi connectivity index (χ1) is 7.29. The molecule has 1 aromatic rings. The van der Waals surface area contributed by atoms with E-state index in [1.807, 2.05) is 11.6 Å². The first kappa shape index (κ1) is 10.6. The minimum Gasteiger partial charge on any atom is -0.469 e. The van der Waals surface area contributed by atoms with Crippen LogP contribution in [-0.4, -0.2) is 36.1 Å². The van der Waals surface area contributed by atoms with E-state index in [0.29, 0.717) is 0 Å². The summed E-state index contributed by atoms with van der Waals surface area (Å²) in [6.07, 6.45) is 2.71. The Balaban J connectivity index is 1.85. The lowest BCUT2D eigenvalue weighted by Crippen LogP contribution is -2.23. The molecule has 4 nitrogen and oxygen atoms in total. The van der Waals surface area contributed by atoms with E-state index in [2.05, 4.69) is 9.88 Å². The zero-order chi connectivity index (χ0) is 10.7. The Morgan fingerprint density at radius 3 is 3.33 bits per heavy atom. The maximum atomic E-state index is 11.3. The van der Waals surface area contributed by atoms with Crippen molar-refractivity contribution in [1.29, 1.82) is 0 Å². The lowest BCUT2D eigenvalue weighted by Gasteiger charge is -2.13. The molecule has 1 atom stereocenters. The van der Waals surface area contributed by atoms with Gasteiger partial charge in [0.1, 0.15) is 5.01 Å². The summed E-state index contributed by atoms with van der Waals surface area (Å²) in [5.41, 5.74) is 0. The molecule has 1 aromatic heterocycles. The Hall–Kier alpha value is -0.940. The molecule has 2 rings (SSSR count). The maximum absolute atomic E-state index is 11.3. The molecule has 0 radical (unpaired) electrons. The zero-order valence-electron chi connectivity index (χ0n) is 8.68. The average Bonchev–Trinajstić information content (AvgIpc) is 2.88. The molecule has 82 valence electrons. The highest BCUT2D eigenvalue weighted by atomic mass is 32.1. The van der Waals surface area contributed by atoms with Gasteiger partial charge >= 0.3 is 5.97 Å². The van der Waals surface area contributed by atoms with Crippen LogP contribution in [0.4, 0.5) is 0 Å². The molecule has 1 fully saturated rings. The molecule has 0 amide bonds. The normalized spacial score (nSPS) is 21.8. The molecular weight excluding hydrogens is 212 g/mol. The van der Waals surface area contributed by atoms with E-state index in [9.17, 15) is 4.79 Å². The Bertz CT molecular complexity index is 326.